The molecule has 2 heterocycles. The van der Waals surface area contributed by atoms with E-state index in [2.05, 4.69) is 18.9 Å². The molecule has 0 aromatic heterocycles. The maximum absolute atomic E-state index is 12.7. The van der Waals surface area contributed by atoms with Crippen molar-refractivity contribution in [1.82, 2.24) is 9.80 Å². The lowest BCUT2D eigenvalue weighted by Crippen LogP contribution is -2.46. The van der Waals surface area contributed by atoms with Crippen LogP contribution in [0.5, 0.6) is 0 Å². The molecule has 0 saturated carbocycles. The van der Waals surface area contributed by atoms with E-state index in [4.69, 9.17) is 4.74 Å². The first-order valence-electron chi connectivity index (χ1n) is 8.17. The van der Waals surface area contributed by atoms with Gasteiger partial charge in [0, 0.05) is 31.6 Å². The van der Waals surface area contributed by atoms with E-state index >= 15 is 0 Å². The Morgan fingerprint density at radius 3 is 2.77 bits per heavy atom. The highest BCUT2D eigenvalue weighted by atomic mass is 16.5. The Labute approximate surface area is 133 Å². The zero-order valence-corrected chi connectivity index (χ0v) is 13.6. The highest BCUT2D eigenvalue weighted by molar-refractivity contribution is 5.78. The topological polar surface area (TPSA) is 32.8 Å². The third kappa shape index (κ3) is 3.18. The molecule has 0 N–H and O–H groups in total. The molecular formula is C18H26N2O2. The normalized spacial score (nSPS) is 29.7. The predicted octanol–water partition coefficient (Wildman–Crippen LogP) is 1.66. The van der Waals surface area contributed by atoms with Crippen molar-refractivity contribution >= 4 is 5.91 Å². The van der Waals surface area contributed by atoms with Gasteiger partial charge in [-0.2, -0.15) is 0 Å². The Morgan fingerprint density at radius 1 is 1.32 bits per heavy atom. The molecule has 1 amide bonds. The summed E-state index contributed by atoms with van der Waals surface area (Å²) in [4.78, 5) is 17.1. The summed E-state index contributed by atoms with van der Waals surface area (Å²) in [6.45, 7) is 7.35. The van der Waals surface area contributed by atoms with E-state index < -0.39 is 0 Å². The Balaban J connectivity index is 1.71. The SMILES string of the molecule is C[C@H]1CN(C)C[C@@]12COCCN(C(=O)Cc1ccccc1)C2. The lowest BCUT2D eigenvalue weighted by molar-refractivity contribution is -0.131. The Morgan fingerprint density at radius 2 is 2.09 bits per heavy atom. The van der Waals surface area contributed by atoms with Crippen molar-refractivity contribution in [3.63, 3.8) is 0 Å². The van der Waals surface area contributed by atoms with Crippen molar-refractivity contribution in [3.8, 4) is 0 Å². The molecule has 0 aliphatic carbocycles. The van der Waals surface area contributed by atoms with Crippen molar-refractivity contribution in [2.45, 2.75) is 13.3 Å². The molecule has 3 rings (SSSR count). The van der Waals surface area contributed by atoms with E-state index in [1.165, 1.54) is 0 Å². The van der Waals surface area contributed by atoms with E-state index in [1.807, 2.05) is 35.2 Å². The Hall–Kier alpha value is -1.39. The second-order valence-electron chi connectivity index (χ2n) is 6.99. The van der Waals surface area contributed by atoms with Crippen LogP contribution in [0.1, 0.15) is 12.5 Å². The molecule has 1 aromatic carbocycles. The van der Waals surface area contributed by atoms with Gasteiger partial charge in [-0.05, 0) is 18.5 Å². The van der Waals surface area contributed by atoms with Crippen molar-refractivity contribution in [3.05, 3.63) is 35.9 Å². The maximum atomic E-state index is 12.7. The first-order valence-corrected chi connectivity index (χ1v) is 8.17. The van der Waals surface area contributed by atoms with Crippen LogP contribution in [-0.4, -0.2) is 62.1 Å². The predicted molar refractivity (Wildman–Crippen MR) is 86.6 cm³/mol. The van der Waals surface area contributed by atoms with Gasteiger partial charge in [0.05, 0.1) is 19.6 Å². The average molecular weight is 302 g/mol. The van der Waals surface area contributed by atoms with Gasteiger partial charge in [0.15, 0.2) is 0 Å². The summed E-state index contributed by atoms with van der Waals surface area (Å²) in [5, 5.41) is 0. The van der Waals surface area contributed by atoms with Gasteiger partial charge >= 0.3 is 0 Å². The Kier molecular flexibility index (Phi) is 4.50. The van der Waals surface area contributed by atoms with Crippen molar-refractivity contribution in [2.24, 2.45) is 11.3 Å². The molecule has 0 radical (unpaired) electrons. The minimum atomic E-state index is 0.0948. The number of carbonyl (C=O) groups excluding carboxylic acids is 1. The molecule has 0 unspecified atom stereocenters. The van der Waals surface area contributed by atoms with Crippen LogP contribution in [-0.2, 0) is 16.0 Å². The van der Waals surface area contributed by atoms with Crippen LogP contribution in [0.15, 0.2) is 30.3 Å². The van der Waals surface area contributed by atoms with Gasteiger partial charge in [-0.25, -0.2) is 0 Å². The van der Waals surface area contributed by atoms with Crippen LogP contribution < -0.4 is 0 Å². The van der Waals surface area contributed by atoms with Crippen molar-refractivity contribution < 1.29 is 9.53 Å². The summed E-state index contributed by atoms with van der Waals surface area (Å²) < 4.78 is 5.86. The quantitative estimate of drug-likeness (QED) is 0.833. The van der Waals surface area contributed by atoms with Crippen LogP contribution in [0.3, 0.4) is 0 Å². The Bertz CT molecular complexity index is 519. The van der Waals surface area contributed by atoms with Crippen LogP contribution in [0.25, 0.3) is 0 Å². The molecule has 4 heteroatoms. The highest BCUT2D eigenvalue weighted by Crippen LogP contribution is 2.37. The number of carbonyl (C=O) groups is 1. The number of rotatable bonds is 2. The molecule has 22 heavy (non-hydrogen) atoms. The third-order valence-electron chi connectivity index (χ3n) is 5.17. The fraction of sp³-hybridized carbons (Fsp3) is 0.611. The summed E-state index contributed by atoms with van der Waals surface area (Å²) in [6.07, 6.45) is 0.487. The molecule has 2 atom stereocenters. The third-order valence-corrected chi connectivity index (χ3v) is 5.17. The van der Waals surface area contributed by atoms with Gasteiger partial charge in [-0.3, -0.25) is 4.79 Å². The monoisotopic (exact) mass is 302 g/mol. The zero-order chi connectivity index (χ0) is 15.6. The summed E-state index contributed by atoms with van der Waals surface area (Å²) in [6, 6.07) is 10.0. The molecule has 4 nitrogen and oxygen atoms in total. The van der Waals surface area contributed by atoms with Gasteiger partial charge in [0.25, 0.3) is 0 Å². The molecule has 2 fully saturated rings. The minimum Gasteiger partial charge on any atom is -0.379 e. The number of hydrogen-bond acceptors (Lipinski definition) is 3. The van der Waals surface area contributed by atoms with Crippen molar-refractivity contribution in [2.75, 3.05) is 46.4 Å². The van der Waals surface area contributed by atoms with E-state index in [0.29, 0.717) is 25.5 Å². The fourth-order valence-corrected chi connectivity index (χ4v) is 3.86. The highest BCUT2D eigenvalue weighted by Gasteiger charge is 2.46. The summed E-state index contributed by atoms with van der Waals surface area (Å²) >= 11 is 0. The van der Waals surface area contributed by atoms with Gasteiger partial charge in [-0.1, -0.05) is 37.3 Å². The summed E-state index contributed by atoms with van der Waals surface area (Å²) in [5.74, 6) is 0.778. The number of nitrogens with zero attached hydrogens (tertiary/aromatic N) is 2. The molecule has 2 saturated heterocycles. The molecule has 0 bridgehead atoms. The number of amides is 1. The lowest BCUT2D eigenvalue weighted by atomic mass is 9.79. The lowest BCUT2D eigenvalue weighted by Gasteiger charge is -2.35. The molecule has 2 aliphatic rings. The van der Waals surface area contributed by atoms with Gasteiger partial charge < -0.3 is 14.5 Å². The minimum absolute atomic E-state index is 0.0948. The van der Waals surface area contributed by atoms with Crippen LogP contribution in [0.4, 0.5) is 0 Å². The van der Waals surface area contributed by atoms with Gasteiger partial charge in [0.1, 0.15) is 0 Å². The average Bonchev–Trinajstić information content (AvgIpc) is 2.66. The van der Waals surface area contributed by atoms with Crippen LogP contribution in [0.2, 0.25) is 0 Å². The maximum Gasteiger partial charge on any atom is 0.227 e. The summed E-state index contributed by atoms with van der Waals surface area (Å²) in [7, 11) is 2.16. The first kappa shape index (κ1) is 15.5. The first-order chi connectivity index (χ1) is 10.6. The number of likely N-dealkylation sites (tertiary alicyclic amines) is 1. The van der Waals surface area contributed by atoms with E-state index in [1.54, 1.807) is 0 Å². The zero-order valence-electron chi connectivity index (χ0n) is 13.6. The summed E-state index contributed by atoms with van der Waals surface area (Å²) in [5.41, 5.74) is 1.18. The standard InChI is InChI=1S/C18H26N2O2/c1-15-11-19(2)12-18(15)13-20(8-9-22-14-18)17(21)10-16-6-4-3-5-7-16/h3-7,15H,8-14H2,1-2H3/t15-,18+/m0/s1. The second-order valence-corrected chi connectivity index (χ2v) is 6.99. The fourth-order valence-electron chi connectivity index (χ4n) is 3.86. The number of benzene rings is 1. The smallest absolute Gasteiger partial charge is 0.227 e. The van der Waals surface area contributed by atoms with E-state index in [-0.39, 0.29) is 11.3 Å². The number of hydrogen-bond donors (Lipinski definition) is 0. The molecular weight excluding hydrogens is 276 g/mol. The van der Waals surface area contributed by atoms with Crippen LogP contribution in [0, 0.1) is 11.3 Å². The largest absolute Gasteiger partial charge is 0.379 e. The number of ether oxygens (including phenoxy) is 1. The van der Waals surface area contributed by atoms with Gasteiger partial charge in [0.2, 0.25) is 5.91 Å². The second kappa shape index (κ2) is 6.39. The van der Waals surface area contributed by atoms with E-state index in [0.717, 1.165) is 31.8 Å². The molecule has 1 aromatic rings. The molecule has 120 valence electrons. The molecule has 2 aliphatic heterocycles. The molecule has 1 spiro atoms. The van der Waals surface area contributed by atoms with Crippen molar-refractivity contribution in [1.29, 1.82) is 0 Å². The van der Waals surface area contributed by atoms with Gasteiger partial charge in [-0.15, -0.1) is 0 Å². The van der Waals surface area contributed by atoms with E-state index in [9.17, 15) is 4.79 Å². The van der Waals surface area contributed by atoms with Crippen LogP contribution >= 0.6 is 0 Å².